The minimum absolute atomic E-state index is 0.115. The minimum atomic E-state index is -0.281. The Morgan fingerprint density at radius 1 is 1.19 bits per heavy atom. The monoisotopic (exact) mass is 219 g/mol. The van der Waals surface area contributed by atoms with E-state index in [1.54, 1.807) is 24.3 Å². The summed E-state index contributed by atoms with van der Waals surface area (Å²) >= 11 is 0. The Morgan fingerprint density at radius 3 is 2.44 bits per heavy atom. The lowest BCUT2D eigenvalue weighted by atomic mass is 9.93. The maximum Gasteiger partial charge on any atom is 0.142 e. The lowest BCUT2D eigenvalue weighted by Crippen LogP contribution is -2.09. The molecule has 0 unspecified atom stereocenters. The summed E-state index contributed by atoms with van der Waals surface area (Å²) < 4.78 is 18.7. The van der Waals surface area contributed by atoms with Crippen LogP contribution in [0.3, 0.4) is 0 Å². The number of rotatable bonds is 1. The summed E-state index contributed by atoms with van der Waals surface area (Å²) in [6, 6.07) is 8.34. The van der Waals surface area contributed by atoms with Crippen LogP contribution in [0.1, 0.15) is 26.5 Å². The van der Waals surface area contributed by atoms with Crippen molar-refractivity contribution >= 4 is 0 Å². The molecule has 0 bridgehead atoms. The van der Waals surface area contributed by atoms with Crippen LogP contribution >= 0.6 is 0 Å². The molecule has 0 spiro atoms. The molecule has 16 heavy (non-hydrogen) atoms. The van der Waals surface area contributed by atoms with E-state index in [2.05, 4.69) is 5.16 Å². The molecule has 0 saturated carbocycles. The molecule has 0 aliphatic heterocycles. The molecule has 1 aromatic heterocycles. The highest BCUT2D eigenvalue weighted by Gasteiger charge is 2.20. The van der Waals surface area contributed by atoms with Crippen LogP contribution in [-0.4, -0.2) is 5.16 Å². The van der Waals surface area contributed by atoms with Gasteiger partial charge in [0, 0.05) is 17.0 Å². The van der Waals surface area contributed by atoms with E-state index in [-0.39, 0.29) is 11.2 Å². The molecular formula is C13H14FNO. The molecule has 84 valence electrons. The van der Waals surface area contributed by atoms with Crippen molar-refractivity contribution in [2.24, 2.45) is 0 Å². The average molecular weight is 219 g/mol. The van der Waals surface area contributed by atoms with Crippen molar-refractivity contribution in [2.75, 3.05) is 0 Å². The van der Waals surface area contributed by atoms with Crippen LogP contribution in [0.4, 0.5) is 4.39 Å². The van der Waals surface area contributed by atoms with E-state index in [9.17, 15) is 4.39 Å². The number of hydrogen-bond donors (Lipinski definition) is 0. The van der Waals surface area contributed by atoms with Crippen molar-refractivity contribution in [3.63, 3.8) is 0 Å². The van der Waals surface area contributed by atoms with Crippen LogP contribution in [-0.2, 0) is 5.41 Å². The summed E-state index contributed by atoms with van der Waals surface area (Å²) in [5.74, 6) is 0.474. The lowest BCUT2D eigenvalue weighted by molar-refractivity contribution is 0.330. The van der Waals surface area contributed by atoms with E-state index >= 15 is 0 Å². The number of benzene rings is 1. The maximum absolute atomic E-state index is 13.5. The molecule has 0 N–H and O–H groups in total. The summed E-state index contributed by atoms with van der Waals surface area (Å²) in [6.07, 6.45) is 0. The fourth-order valence-electron chi connectivity index (χ4n) is 1.42. The zero-order valence-corrected chi connectivity index (χ0v) is 9.62. The Morgan fingerprint density at radius 2 is 1.88 bits per heavy atom. The number of nitrogens with zero attached hydrogens (tertiary/aromatic N) is 1. The van der Waals surface area contributed by atoms with E-state index in [0.29, 0.717) is 11.3 Å². The van der Waals surface area contributed by atoms with Crippen LogP contribution in [0, 0.1) is 5.82 Å². The van der Waals surface area contributed by atoms with Crippen molar-refractivity contribution in [2.45, 2.75) is 26.2 Å². The van der Waals surface area contributed by atoms with E-state index in [1.807, 2.05) is 20.8 Å². The Balaban J connectivity index is 2.44. The summed E-state index contributed by atoms with van der Waals surface area (Å²) in [4.78, 5) is 0. The van der Waals surface area contributed by atoms with Crippen molar-refractivity contribution in [1.29, 1.82) is 0 Å². The first-order valence-corrected chi connectivity index (χ1v) is 5.20. The van der Waals surface area contributed by atoms with Gasteiger partial charge in [-0.3, -0.25) is 0 Å². The standard InChI is InChI=1S/C13H14FNO/c1-13(2,3)12-8-11(15-16-12)9-6-4-5-7-10(9)14/h4-8H,1-3H3. The van der Waals surface area contributed by atoms with Crippen LogP contribution in [0.5, 0.6) is 0 Å². The summed E-state index contributed by atoms with van der Waals surface area (Å²) in [5.41, 5.74) is 0.904. The van der Waals surface area contributed by atoms with Crippen LogP contribution < -0.4 is 0 Å². The van der Waals surface area contributed by atoms with Crippen LogP contribution in [0.25, 0.3) is 11.3 Å². The van der Waals surface area contributed by atoms with E-state index in [0.717, 1.165) is 5.76 Å². The smallest absolute Gasteiger partial charge is 0.142 e. The predicted molar refractivity (Wildman–Crippen MR) is 60.6 cm³/mol. The molecule has 0 radical (unpaired) electrons. The molecule has 3 heteroatoms. The first-order chi connectivity index (χ1) is 7.48. The largest absolute Gasteiger partial charge is 0.360 e. The van der Waals surface area contributed by atoms with Gasteiger partial charge < -0.3 is 4.52 Å². The van der Waals surface area contributed by atoms with Crippen molar-refractivity contribution in [3.05, 3.63) is 41.9 Å². The highest BCUT2D eigenvalue weighted by molar-refractivity contribution is 5.59. The van der Waals surface area contributed by atoms with Crippen molar-refractivity contribution < 1.29 is 8.91 Å². The van der Waals surface area contributed by atoms with Gasteiger partial charge in [-0.05, 0) is 12.1 Å². The number of aromatic nitrogens is 1. The van der Waals surface area contributed by atoms with Crippen LogP contribution in [0.2, 0.25) is 0 Å². The number of hydrogen-bond acceptors (Lipinski definition) is 2. The molecule has 0 aliphatic carbocycles. The fourth-order valence-corrected chi connectivity index (χ4v) is 1.42. The second-order valence-electron chi connectivity index (χ2n) is 4.81. The van der Waals surface area contributed by atoms with Gasteiger partial charge in [-0.1, -0.05) is 38.1 Å². The Hall–Kier alpha value is -1.64. The molecule has 0 amide bonds. The predicted octanol–water partition coefficient (Wildman–Crippen LogP) is 3.78. The minimum Gasteiger partial charge on any atom is -0.360 e. The average Bonchev–Trinajstić information content (AvgIpc) is 2.66. The first kappa shape index (κ1) is 10.9. The third kappa shape index (κ3) is 1.98. The maximum atomic E-state index is 13.5. The van der Waals surface area contributed by atoms with Crippen LogP contribution in [0.15, 0.2) is 34.9 Å². The van der Waals surface area contributed by atoms with E-state index < -0.39 is 0 Å². The molecule has 0 aliphatic rings. The second-order valence-corrected chi connectivity index (χ2v) is 4.81. The molecule has 1 aromatic carbocycles. The van der Waals surface area contributed by atoms with Gasteiger partial charge in [0.2, 0.25) is 0 Å². The SMILES string of the molecule is CC(C)(C)c1cc(-c2ccccc2F)no1. The summed E-state index contributed by atoms with van der Waals surface area (Å²) in [5, 5.41) is 3.90. The van der Waals surface area contributed by atoms with Gasteiger partial charge in [0.1, 0.15) is 17.3 Å². The Kier molecular flexibility index (Phi) is 2.54. The van der Waals surface area contributed by atoms with E-state index in [4.69, 9.17) is 4.52 Å². The Bertz CT molecular complexity index is 497. The molecule has 2 aromatic rings. The van der Waals surface area contributed by atoms with Gasteiger partial charge in [0.25, 0.3) is 0 Å². The molecule has 0 saturated heterocycles. The van der Waals surface area contributed by atoms with Gasteiger partial charge >= 0.3 is 0 Å². The molecule has 0 atom stereocenters. The van der Waals surface area contributed by atoms with Crippen molar-refractivity contribution in [3.8, 4) is 11.3 Å². The molecule has 2 rings (SSSR count). The zero-order valence-electron chi connectivity index (χ0n) is 9.62. The van der Waals surface area contributed by atoms with Gasteiger partial charge in [-0.15, -0.1) is 0 Å². The summed E-state index contributed by atoms with van der Waals surface area (Å²) in [7, 11) is 0. The van der Waals surface area contributed by atoms with Gasteiger partial charge in [-0.25, -0.2) is 4.39 Å². The van der Waals surface area contributed by atoms with E-state index in [1.165, 1.54) is 6.07 Å². The Labute approximate surface area is 94.1 Å². The molecular weight excluding hydrogens is 205 g/mol. The van der Waals surface area contributed by atoms with Gasteiger partial charge in [0.05, 0.1) is 0 Å². The molecule has 0 fully saturated rings. The molecule has 2 nitrogen and oxygen atoms in total. The quantitative estimate of drug-likeness (QED) is 0.729. The fraction of sp³-hybridized carbons (Fsp3) is 0.308. The highest BCUT2D eigenvalue weighted by Crippen LogP contribution is 2.28. The van der Waals surface area contributed by atoms with Gasteiger partial charge in [0.15, 0.2) is 0 Å². The number of halogens is 1. The second kappa shape index (κ2) is 3.74. The van der Waals surface area contributed by atoms with Crippen molar-refractivity contribution in [1.82, 2.24) is 5.16 Å². The zero-order chi connectivity index (χ0) is 11.8. The summed E-state index contributed by atoms with van der Waals surface area (Å²) in [6.45, 7) is 6.08. The first-order valence-electron chi connectivity index (χ1n) is 5.20. The van der Waals surface area contributed by atoms with Gasteiger partial charge in [-0.2, -0.15) is 0 Å². The third-order valence-electron chi connectivity index (χ3n) is 2.40. The third-order valence-corrected chi connectivity index (χ3v) is 2.40. The topological polar surface area (TPSA) is 26.0 Å². The molecule has 1 heterocycles. The highest BCUT2D eigenvalue weighted by atomic mass is 19.1. The lowest BCUT2D eigenvalue weighted by Gasteiger charge is -2.12. The normalized spacial score (nSPS) is 11.8.